The van der Waals surface area contributed by atoms with Crippen molar-refractivity contribution >= 4 is 17.6 Å². The van der Waals surface area contributed by atoms with Crippen molar-refractivity contribution in [3.05, 3.63) is 34.3 Å². The average molecular weight is 203 g/mol. The number of hydrogen-bond acceptors (Lipinski definition) is 2. The van der Waals surface area contributed by atoms with Gasteiger partial charge in [-0.05, 0) is 24.1 Å². The zero-order valence-electron chi connectivity index (χ0n) is 7.01. The lowest BCUT2D eigenvalue weighted by atomic mass is 10.1. The molecule has 0 aliphatic rings. The quantitative estimate of drug-likeness (QED) is 0.737. The average Bonchev–Trinajstić information content (AvgIpc) is 2.11. The Morgan fingerprint density at radius 2 is 2.31 bits per heavy atom. The lowest BCUT2D eigenvalue weighted by Crippen LogP contribution is -2.04. The smallest absolute Gasteiger partial charge is 0.255 e. The molecule has 1 aromatic rings. The molecule has 0 atom stereocenters. The van der Waals surface area contributed by atoms with Gasteiger partial charge in [-0.2, -0.15) is 0 Å². The van der Waals surface area contributed by atoms with Crippen molar-refractivity contribution in [2.75, 3.05) is 0 Å². The molecule has 0 amide bonds. The molecule has 0 radical (unpaired) electrons. The highest BCUT2D eigenvalue weighted by molar-refractivity contribution is 6.31. The summed E-state index contributed by atoms with van der Waals surface area (Å²) in [6, 6.07) is 5.21. The summed E-state index contributed by atoms with van der Waals surface area (Å²) in [6.45, 7) is 1.80. The lowest BCUT2D eigenvalue weighted by molar-refractivity contribution is -0.182. The van der Waals surface area contributed by atoms with Crippen LogP contribution in [0.4, 0.5) is 4.53 Å². The van der Waals surface area contributed by atoms with Gasteiger partial charge in [0.05, 0.1) is 6.42 Å². The number of aryl methyl sites for hydroxylation is 1. The summed E-state index contributed by atoms with van der Waals surface area (Å²) in [4.78, 5) is 13.7. The molecule has 0 unspecified atom stereocenters. The molecule has 0 saturated heterocycles. The van der Waals surface area contributed by atoms with Crippen molar-refractivity contribution in [1.82, 2.24) is 0 Å². The van der Waals surface area contributed by atoms with Gasteiger partial charge in [0.15, 0.2) is 0 Å². The van der Waals surface area contributed by atoms with Gasteiger partial charge < -0.3 is 0 Å². The zero-order valence-corrected chi connectivity index (χ0v) is 7.77. The number of halogens is 2. The van der Waals surface area contributed by atoms with Crippen LogP contribution in [0, 0.1) is 6.92 Å². The molecule has 0 aliphatic carbocycles. The first-order chi connectivity index (χ1) is 6.15. The van der Waals surface area contributed by atoms with E-state index in [0.29, 0.717) is 10.6 Å². The third-order valence-corrected chi connectivity index (χ3v) is 2.11. The van der Waals surface area contributed by atoms with Crippen molar-refractivity contribution in [3.63, 3.8) is 0 Å². The van der Waals surface area contributed by atoms with E-state index in [0.717, 1.165) is 5.56 Å². The van der Waals surface area contributed by atoms with Gasteiger partial charge in [0, 0.05) is 9.55 Å². The Balaban J connectivity index is 2.93. The van der Waals surface area contributed by atoms with Gasteiger partial charge >= 0.3 is 5.97 Å². The van der Waals surface area contributed by atoms with Crippen LogP contribution >= 0.6 is 11.6 Å². The minimum Gasteiger partial charge on any atom is -0.255 e. The van der Waals surface area contributed by atoms with Crippen molar-refractivity contribution in [3.8, 4) is 0 Å². The number of hydrogen-bond donors (Lipinski definition) is 0. The van der Waals surface area contributed by atoms with Gasteiger partial charge in [-0.1, -0.05) is 23.7 Å². The van der Waals surface area contributed by atoms with Gasteiger partial charge in [-0.25, -0.2) is 4.79 Å². The Morgan fingerprint density at radius 1 is 1.62 bits per heavy atom. The second-order valence-electron chi connectivity index (χ2n) is 2.66. The van der Waals surface area contributed by atoms with E-state index >= 15 is 0 Å². The second kappa shape index (κ2) is 4.23. The van der Waals surface area contributed by atoms with E-state index in [-0.39, 0.29) is 6.42 Å². The van der Waals surface area contributed by atoms with Crippen LogP contribution in [-0.2, 0) is 16.2 Å². The summed E-state index contributed by atoms with van der Waals surface area (Å²) >= 11 is 5.80. The standard InChI is InChI=1S/C9H8ClFO2/c1-6-3-2-4-8(10)7(6)5-9(12)13-11/h2-4H,5H2,1H3. The Morgan fingerprint density at radius 3 is 2.85 bits per heavy atom. The van der Waals surface area contributed by atoms with Crippen LogP contribution in [-0.4, -0.2) is 5.97 Å². The van der Waals surface area contributed by atoms with E-state index in [2.05, 4.69) is 4.94 Å². The van der Waals surface area contributed by atoms with Gasteiger partial charge in [-0.3, -0.25) is 4.94 Å². The fraction of sp³-hybridized carbons (Fsp3) is 0.222. The van der Waals surface area contributed by atoms with Crippen LogP contribution in [0.1, 0.15) is 11.1 Å². The molecule has 1 aromatic carbocycles. The minimum absolute atomic E-state index is 0.137. The van der Waals surface area contributed by atoms with Crippen molar-refractivity contribution in [1.29, 1.82) is 0 Å². The minimum atomic E-state index is -0.934. The Hall–Kier alpha value is -1.09. The highest BCUT2D eigenvalue weighted by atomic mass is 35.5. The predicted molar refractivity (Wildman–Crippen MR) is 47.1 cm³/mol. The lowest BCUT2D eigenvalue weighted by Gasteiger charge is -2.04. The molecule has 13 heavy (non-hydrogen) atoms. The van der Waals surface area contributed by atoms with Crippen LogP contribution < -0.4 is 0 Å². The van der Waals surface area contributed by atoms with E-state index in [1.165, 1.54) is 0 Å². The Kier molecular flexibility index (Phi) is 3.25. The summed E-state index contributed by atoms with van der Waals surface area (Å²) < 4.78 is 11.4. The maximum absolute atomic E-state index is 11.4. The molecule has 4 heteroatoms. The zero-order chi connectivity index (χ0) is 9.84. The van der Waals surface area contributed by atoms with E-state index in [1.54, 1.807) is 25.1 Å². The maximum Gasteiger partial charge on any atom is 0.353 e. The molecular formula is C9H8ClFO2. The summed E-state index contributed by atoms with van der Waals surface area (Å²) in [5, 5.41) is 0.449. The fourth-order valence-electron chi connectivity index (χ4n) is 1.06. The van der Waals surface area contributed by atoms with Crippen molar-refractivity contribution in [2.24, 2.45) is 0 Å². The monoisotopic (exact) mass is 202 g/mol. The highest BCUT2D eigenvalue weighted by Gasteiger charge is 2.10. The molecule has 70 valence electrons. The van der Waals surface area contributed by atoms with Gasteiger partial charge in [-0.15, -0.1) is 0 Å². The Bertz CT molecular complexity index is 305. The van der Waals surface area contributed by atoms with Gasteiger partial charge in [0.25, 0.3) is 0 Å². The third kappa shape index (κ3) is 2.42. The SMILES string of the molecule is Cc1cccc(Cl)c1CC(=O)OF. The molecule has 0 bridgehead atoms. The summed E-state index contributed by atoms with van der Waals surface area (Å²) in [7, 11) is 0. The third-order valence-electron chi connectivity index (χ3n) is 1.76. The van der Waals surface area contributed by atoms with E-state index < -0.39 is 5.97 Å². The molecule has 1 rings (SSSR count). The van der Waals surface area contributed by atoms with Crippen molar-refractivity contribution in [2.45, 2.75) is 13.3 Å². The van der Waals surface area contributed by atoms with E-state index in [4.69, 9.17) is 11.6 Å². The van der Waals surface area contributed by atoms with Crippen LogP contribution in [0.5, 0.6) is 0 Å². The normalized spacial score (nSPS) is 9.77. The molecule has 0 fully saturated rings. The fourth-order valence-corrected chi connectivity index (χ4v) is 1.35. The van der Waals surface area contributed by atoms with Crippen LogP contribution in [0.3, 0.4) is 0 Å². The summed E-state index contributed by atoms with van der Waals surface area (Å²) in [6.07, 6.45) is -0.137. The second-order valence-corrected chi connectivity index (χ2v) is 3.07. The molecular weight excluding hydrogens is 195 g/mol. The molecule has 0 spiro atoms. The van der Waals surface area contributed by atoms with Gasteiger partial charge in [0.2, 0.25) is 0 Å². The van der Waals surface area contributed by atoms with Crippen molar-refractivity contribution < 1.29 is 14.3 Å². The predicted octanol–water partition coefficient (Wildman–Crippen LogP) is 2.62. The first-order valence-electron chi connectivity index (χ1n) is 3.70. The molecule has 0 aromatic heterocycles. The first kappa shape index (κ1) is 9.99. The first-order valence-corrected chi connectivity index (χ1v) is 4.08. The van der Waals surface area contributed by atoms with E-state index in [1.807, 2.05) is 0 Å². The van der Waals surface area contributed by atoms with Crippen LogP contribution in [0.2, 0.25) is 5.02 Å². The van der Waals surface area contributed by atoms with Crippen LogP contribution in [0.25, 0.3) is 0 Å². The number of benzene rings is 1. The number of carbonyl (C=O) groups is 1. The molecule has 0 heterocycles. The Labute approximate surface area is 80.2 Å². The summed E-state index contributed by atoms with van der Waals surface area (Å²) in [5.41, 5.74) is 1.45. The molecule has 0 saturated carbocycles. The molecule has 2 nitrogen and oxygen atoms in total. The summed E-state index contributed by atoms with van der Waals surface area (Å²) in [5.74, 6) is -0.934. The maximum atomic E-state index is 11.4. The van der Waals surface area contributed by atoms with Crippen LogP contribution in [0.15, 0.2) is 18.2 Å². The highest BCUT2D eigenvalue weighted by Crippen LogP contribution is 2.20. The number of rotatable bonds is 2. The number of carbonyl (C=O) groups excluding carboxylic acids is 1. The molecule has 0 aliphatic heterocycles. The van der Waals surface area contributed by atoms with E-state index in [9.17, 15) is 9.32 Å². The topological polar surface area (TPSA) is 26.3 Å². The van der Waals surface area contributed by atoms with Gasteiger partial charge in [0.1, 0.15) is 0 Å². The molecule has 0 N–H and O–H groups in total. The largest absolute Gasteiger partial charge is 0.353 e.